The molecule has 0 unspecified atom stereocenters. The molecule has 0 aliphatic carbocycles. The molecular formula is C18H21N3O3. The van der Waals surface area contributed by atoms with E-state index in [4.69, 9.17) is 5.21 Å². The second-order valence-electron chi connectivity index (χ2n) is 5.43. The van der Waals surface area contributed by atoms with Crippen LogP contribution < -0.4 is 10.8 Å². The maximum absolute atomic E-state index is 11.8. The summed E-state index contributed by atoms with van der Waals surface area (Å²) in [5.74, 6) is -0.526. The van der Waals surface area contributed by atoms with E-state index in [1.165, 1.54) is 6.08 Å². The lowest BCUT2D eigenvalue weighted by Gasteiger charge is -2.02. The van der Waals surface area contributed by atoms with Gasteiger partial charge in [0.25, 0.3) is 0 Å². The molecule has 6 heteroatoms. The lowest BCUT2D eigenvalue weighted by Crippen LogP contribution is -2.22. The molecule has 0 saturated carbocycles. The molecule has 1 aromatic heterocycles. The van der Waals surface area contributed by atoms with Crippen LogP contribution in [0.3, 0.4) is 0 Å². The normalized spacial score (nSPS) is 10.9. The van der Waals surface area contributed by atoms with Crippen LogP contribution in [0.1, 0.15) is 31.2 Å². The summed E-state index contributed by atoms with van der Waals surface area (Å²) >= 11 is 0. The summed E-state index contributed by atoms with van der Waals surface area (Å²) in [6.07, 6.45) is 7.62. The molecular weight excluding hydrogens is 306 g/mol. The zero-order valence-electron chi connectivity index (χ0n) is 13.4. The average molecular weight is 327 g/mol. The summed E-state index contributed by atoms with van der Waals surface area (Å²) in [6, 6.07) is 9.70. The van der Waals surface area contributed by atoms with Crippen molar-refractivity contribution < 1.29 is 14.8 Å². The Morgan fingerprint density at radius 2 is 2.04 bits per heavy atom. The number of carbonyl (C=O) groups is 2. The number of hydroxylamine groups is 1. The van der Waals surface area contributed by atoms with Crippen molar-refractivity contribution in [2.75, 3.05) is 6.54 Å². The highest BCUT2D eigenvalue weighted by Crippen LogP contribution is 2.14. The van der Waals surface area contributed by atoms with Crippen LogP contribution in [0.5, 0.6) is 0 Å². The van der Waals surface area contributed by atoms with Crippen LogP contribution in [-0.2, 0) is 9.59 Å². The fourth-order valence-corrected chi connectivity index (χ4v) is 2.28. The Labute approximate surface area is 140 Å². The van der Waals surface area contributed by atoms with Crippen LogP contribution in [0.25, 0.3) is 17.0 Å². The van der Waals surface area contributed by atoms with Gasteiger partial charge in [-0.25, -0.2) is 5.48 Å². The van der Waals surface area contributed by atoms with Crippen molar-refractivity contribution in [3.63, 3.8) is 0 Å². The maximum atomic E-state index is 11.8. The summed E-state index contributed by atoms with van der Waals surface area (Å²) in [6.45, 7) is 0.561. The van der Waals surface area contributed by atoms with E-state index in [-0.39, 0.29) is 11.8 Å². The predicted octanol–water partition coefficient (Wildman–Crippen LogP) is 2.43. The summed E-state index contributed by atoms with van der Waals surface area (Å²) in [5, 5.41) is 12.2. The molecule has 1 aromatic carbocycles. The number of hydrogen-bond donors (Lipinski definition) is 3. The molecule has 126 valence electrons. The number of amides is 2. The molecule has 0 atom stereocenters. The largest absolute Gasteiger partial charge is 0.353 e. The van der Waals surface area contributed by atoms with Crippen LogP contribution in [-0.4, -0.2) is 28.6 Å². The summed E-state index contributed by atoms with van der Waals surface area (Å²) in [5.41, 5.74) is 3.47. The Bertz CT molecular complexity index is 728. The van der Waals surface area contributed by atoms with E-state index in [1.54, 1.807) is 17.8 Å². The fourth-order valence-electron chi connectivity index (χ4n) is 2.28. The van der Waals surface area contributed by atoms with Gasteiger partial charge >= 0.3 is 0 Å². The van der Waals surface area contributed by atoms with Crippen molar-refractivity contribution in [3.8, 4) is 0 Å². The van der Waals surface area contributed by atoms with Gasteiger partial charge in [-0.1, -0.05) is 18.6 Å². The Kier molecular flexibility index (Phi) is 6.91. The molecule has 2 aromatic rings. The van der Waals surface area contributed by atoms with Gasteiger partial charge in [-0.3, -0.25) is 19.8 Å². The number of fused-ring (bicyclic) bond motifs is 1. The quantitative estimate of drug-likeness (QED) is 0.300. The third-order valence-corrected chi connectivity index (χ3v) is 3.56. The summed E-state index contributed by atoms with van der Waals surface area (Å²) in [4.78, 5) is 26.8. The molecule has 0 fully saturated rings. The van der Waals surface area contributed by atoms with Gasteiger partial charge < -0.3 is 5.32 Å². The van der Waals surface area contributed by atoms with Gasteiger partial charge in [0.2, 0.25) is 11.8 Å². The number of unbranched alkanes of at least 4 members (excludes halogenated alkanes) is 2. The molecule has 6 nitrogen and oxygen atoms in total. The Morgan fingerprint density at radius 1 is 1.17 bits per heavy atom. The first-order chi connectivity index (χ1) is 11.7. The number of nitrogens with one attached hydrogen (secondary N) is 2. The molecule has 1 heterocycles. The van der Waals surface area contributed by atoms with E-state index in [0.29, 0.717) is 19.4 Å². The third kappa shape index (κ3) is 5.81. The standard InChI is InChI=1S/C18H21N3O3/c22-17(20-11-3-1-2-6-18(23)21-24)10-8-14-7-9-16-15(13-14)5-4-12-19-16/h4-5,7-10,12-13,24H,1-3,6,11H2,(H,20,22)(H,21,23)/b10-8+. The highest BCUT2D eigenvalue weighted by molar-refractivity contribution is 5.92. The number of hydrogen-bond acceptors (Lipinski definition) is 4. The summed E-state index contributed by atoms with van der Waals surface area (Å²) in [7, 11) is 0. The highest BCUT2D eigenvalue weighted by atomic mass is 16.5. The smallest absolute Gasteiger partial charge is 0.243 e. The van der Waals surface area contributed by atoms with Crippen LogP contribution in [0.4, 0.5) is 0 Å². The number of aromatic nitrogens is 1. The van der Waals surface area contributed by atoms with Gasteiger partial charge in [-0.2, -0.15) is 0 Å². The summed E-state index contributed by atoms with van der Waals surface area (Å²) < 4.78 is 0. The van der Waals surface area contributed by atoms with Crippen molar-refractivity contribution in [1.29, 1.82) is 0 Å². The zero-order valence-corrected chi connectivity index (χ0v) is 13.4. The van der Waals surface area contributed by atoms with Crippen molar-refractivity contribution in [3.05, 3.63) is 48.2 Å². The molecule has 0 radical (unpaired) electrons. The molecule has 2 rings (SSSR count). The molecule has 24 heavy (non-hydrogen) atoms. The first-order valence-electron chi connectivity index (χ1n) is 7.92. The minimum Gasteiger partial charge on any atom is -0.353 e. The van der Waals surface area contributed by atoms with Gasteiger partial charge in [0.05, 0.1) is 5.52 Å². The minimum atomic E-state index is -0.382. The minimum absolute atomic E-state index is 0.144. The van der Waals surface area contributed by atoms with Crippen LogP contribution in [0.15, 0.2) is 42.6 Å². The van der Waals surface area contributed by atoms with Crippen LogP contribution in [0.2, 0.25) is 0 Å². The van der Waals surface area contributed by atoms with E-state index in [0.717, 1.165) is 29.3 Å². The molecule has 0 aliphatic heterocycles. The molecule has 0 aliphatic rings. The van der Waals surface area contributed by atoms with Crippen LogP contribution >= 0.6 is 0 Å². The number of nitrogens with zero attached hydrogens (tertiary/aromatic N) is 1. The fraction of sp³-hybridized carbons (Fsp3) is 0.278. The third-order valence-electron chi connectivity index (χ3n) is 3.56. The van der Waals surface area contributed by atoms with Crippen LogP contribution in [0, 0.1) is 0 Å². The van der Waals surface area contributed by atoms with Gasteiger partial charge in [0.15, 0.2) is 0 Å². The van der Waals surface area contributed by atoms with Gasteiger partial charge in [-0.05, 0) is 42.7 Å². The number of pyridine rings is 1. The Hall–Kier alpha value is -2.73. The van der Waals surface area contributed by atoms with Gasteiger partial charge in [0, 0.05) is 30.6 Å². The highest BCUT2D eigenvalue weighted by Gasteiger charge is 1.99. The van der Waals surface area contributed by atoms with Crippen molar-refractivity contribution in [2.45, 2.75) is 25.7 Å². The number of benzene rings is 1. The second kappa shape index (κ2) is 9.42. The second-order valence-corrected chi connectivity index (χ2v) is 5.43. The van der Waals surface area contributed by atoms with Crippen molar-refractivity contribution >= 4 is 28.8 Å². The van der Waals surface area contributed by atoms with E-state index in [9.17, 15) is 9.59 Å². The molecule has 0 bridgehead atoms. The molecule has 0 saturated heterocycles. The Balaban J connectivity index is 1.71. The molecule has 3 N–H and O–H groups in total. The van der Waals surface area contributed by atoms with E-state index in [2.05, 4.69) is 10.3 Å². The molecule has 0 spiro atoms. The zero-order chi connectivity index (χ0) is 17.2. The lowest BCUT2D eigenvalue weighted by molar-refractivity contribution is -0.129. The van der Waals surface area contributed by atoms with Gasteiger partial charge in [-0.15, -0.1) is 0 Å². The number of carbonyl (C=O) groups excluding carboxylic acids is 2. The maximum Gasteiger partial charge on any atom is 0.243 e. The number of rotatable bonds is 8. The first kappa shape index (κ1) is 17.6. The van der Waals surface area contributed by atoms with Gasteiger partial charge in [0.1, 0.15) is 0 Å². The topological polar surface area (TPSA) is 91.3 Å². The average Bonchev–Trinajstić information content (AvgIpc) is 2.62. The van der Waals surface area contributed by atoms with E-state index >= 15 is 0 Å². The van der Waals surface area contributed by atoms with E-state index < -0.39 is 0 Å². The van der Waals surface area contributed by atoms with E-state index in [1.807, 2.05) is 30.3 Å². The lowest BCUT2D eigenvalue weighted by atomic mass is 10.1. The first-order valence-corrected chi connectivity index (χ1v) is 7.92. The van der Waals surface area contributed by atoms with Crippen molar-refractivity contribution in [1.82, 2.24) is 15.8 Å². The molecule has 2 amide bonds. The van der Waals surface area contributed by atoms with Crippen molar-refractivity contribution in [2.24, 2.45) is 0 Å². The Morgan fingerprint density at radius 3 is 2.88 bits per heavy atom. The predicted molar refractivity (Wildman–Crippen MR) is 92.2 cm³/mol. The SMILES string of the molecule is O=C(/C=C/c1ccc2ncccc2c1)NCCCCCC(=O)NO. The monoisotopic (exact) mass is 327 g/mol.